The van der Waals surface area contributed by atoms with Gasteiger partial charge in [0.05, 0.1) is 31.5 Å². The van der Waals surface area contributed by atoms with E-state index in [4.69, 9.17) is 0 Å². The maximum atomic E-state index is 11.8. The van der Waals surface area contributed by atoms with Crippen LogP contribution in [0.4, 0.5) is 5.82 Å². The lowest BCUT2D eigenvalue weighted by molar-refractivity contribution is -0.123. The van der Waals surface area contributed by atoms with Crippen LogP contribution in [0.5, 0.6) is 0 Å². The van der Waals surface area contributed by atoms with Crippen molar-refractivity contribution in [3.8, 4) is 0 Å². The summed E-state index contributed by atoms with van der Waals surface area (Å²) in [4.78, 5) is 33.7. The molecule has 3 rings (SSSR count). The first-order valence-electron chi connectivity index (χ1n) is 6.65. The number of ether oxygens (including phenoxy) is 1. The number of amides is 1. The normalized spacial score (nSPS) is 25.1. The Hall–Kier alpha value is -2.18. The molecule has 2 aliphatic rings. The van der Waals surface area contributed by atoms with Gasteiger partial charge in [-0.25, -0.2) is 9.78 Å². The van der Waals surface area contributed by atoms with E-state index >= 15 is 0 Å². The molecule has 0 bridgehead atoms. The summed E-state index contributed by atoms with van der Waals surface area (Å²) in [6.07, 6.45) is 4.84. The minimum atomic E-state index is -0.506. The van der Waals surface area contributed by atoms with Crippen molar-refractivity contribution in [1.29, 1.82) is 0 Å². The van der Waals surface area contributed by atoms with Gasteiger partial charge in [0.1, 0.15) is 5.82 Å². The standard InChI is InChI=1S/C13H16N4O3/c1-20-13(19)9-5-14-7-11(16-9)17-4-2-3-8-10(17)6-15-12(8)18/h5,7-8,10H,2-4,6H2,1H3,(H,15,18). The molecule has 7 nitrogen and oxygen atoms in total. The number of methoxy groups -OCH3 is 1. The Morgan fingerprint density at radius 1 is 1.50 bits per heavy atom. The van der Waals surface area contributed by atoms with Gasteiger partial charge < -0.3 is 15.0 Å². The van der Waals surface area contributed by atoms with Crippen molar-refractivity contribution in [2.75, 3.05) is 25.1 Å². The zero-order valence-corrected chi connectivity index (χ0v) is 11.2. The number of nitrogens with one attached hydrogen (secondary N) is 1. The minimum Gasteiger partial charge on any atom is -0.464 e. The van der Waals surface area contributed by atoms with E-state index in [1.54, 1.807) is 6.20 Å². The van der Waals surface area contributed by atoms with E-state index in [1.165, 1.54) is 13.3 Å². The smallest absolute Gasteiger partial charge is 0.358 e. The van der Waals surface area contributed by atoms with Gasteiger partial charge >= 0.3 is 5.97 Å². The van der Waals surface area contributed by atoms with Crippen LogP contribution in [0, 0.1) is 5.92 Å². The van der Waals surface area contributed by atoms with Crippen LogP contribution in [0.2, 0.25) is 0 Å². The Morgan fingerprint density at radius 2 is 2.35 bits per heavy atom. The molecule has 1 aromatic rings. The van der Waals surface area contributed by atoms with Crippen molar-refractivity contribution in [1.82, 2.24) is 15.3 Å². The highest BCUT2D eigenvalue weighted by atomic mass is 16.5. The van der Waals surface area contributed by atoms with Crippen LogP contribution in [0.3, 0.4) is 0 Å². The van der Waals surface area contributed by atoms with Gasteiger partial charge in [-0.1, -0.05) is 0 Å². The number of anilines is 1. The topological polar surface area (TPSA) is 84.4 Å². The number of esters is 1. The Kier molecular flexibility index (Phi) is 3.25. The number of hydrogen-bond donors (Lipinski definition) is 1. The zero-order valence-electron chi connectivity index (χ0n) is 11.2. The molecular weight excluding hydrogens is 260 g/mol. The maximum absolute atomic E-state index is 11.8. The highest BCUT2D eigenvalue weighted by molar-refractivity contribution is 5.87. The first-order chi connectivity index (χ1) is 9.70. The van der Waals surface area contributed by atoms with Crippen LogP contribution in [-0.4, -0.2) is 48.1 Å². The lowest BCUT2D eigenvalue weighted by Gasteiger charge is -2.36. The summed E-state index contributed by atoms with van der Waals surface area (Å²) in [5, 5.41) is 2.89. The third kappa shape index (κ3) is 2.09. The molecule has 20 heavy (non-hydrogen) atoms. The van der Waals surface area contributed by atoms with E-state index in [0.29, 0.717) is 12.4 Å². The second-order valence-corrected chi connectivity index (χ2v) is 5.01. The lowest BCUT2D eigenvalue weighted by atomic mass is 9.91. The van der Waals surface area contributed by atoms with E-state index < -0.39 is 5.97 Å². The van der Waals surface area contributed by atoms with Gasteiger partial charge in [-0.2, -0.15) is 0 Å². The Bertz CT molecular complexity index is 548. The Labute approximate surface area is 116 Å². The van der Waals surface area contributed by atoms with E-state index in [1.807, 2.05) is 0 Å². The van der Waals surface area contributed by atoms with Crippen LogP contribution in [0.15, 0.2) is 12.4 Å². The van der Waals surface area contributed by atoms with E-state index in [2.05, 4.69) is 24.9 Å². The molecule has 0 radical (unpaired) electrons. The summed E-state index contributed by atoms with van der Waals surface area (Å²) < 4.78 is 4.66. The van der Waals surface area contributed by atoms with Gasteiger partial charge in [0.15, 0.2) is 5.69 Å². The molecule has 1 aromatic heterocycles. The van der Waals surface area contributed by atoms with Gasteiger partial charge in [0.25, 0.3) is 0 Å². The third-order valence-electron chi connectivity index (χ3n) is 3.91. The average Bonchev–Trinajstić information content (AvgIpc) is 2.88. The molecule has 2 fully saturated rings. The third-order valence-corrected chi connectivity index (χ3v) is 3.91. The fraction of sp³-hybridized carbons (Fsp3) is 0.538. The van der Waals surface area contributed by atoms with Crippen molar-refractivity contribution in [2.24, 2.45) is 5.92 Å². The first kappa shape index (κ1) is 12.8. The van der Waals surface area contributed by atoms with Gasteiger partial charge in [-0.3, -0.25) is 9.78 Å². The number of piperidine rings is 1. The largest absolute Gasteiger partial charge is 0.464 e. The van der Waals surface area contributed by atoms with E-state index in [9.17, 15) is 9.59 Å². The molecule has 2 saturated heterocycles. The molecule has 7 heteroatoms. The summed E-state index contributed by atoms with van der Waals surface area (Å²) in [7, 11) is 1.31. The van der Waals surface area contributed by atoms with Gasteiger partial charge in [0, 0.05) is 13.1 Å². The minimum absolute atomic E-state index is 0.00679. The van der Waals surface area contributed by atoms with Crippen molar-refractivity contribution in [3.63, 3.8) is 0 Å². The fourth-order valence-electron chi connectivity index (χ4n) is 2.93. The number of rotatable bonds is 2. The van der Waals surface area contributed by atoms with Crippen molar-refractivity contribution < 1.29 is 14.3 Å². The molecule has 0 aliphatic carbocycles. The van der Waals surface area contributed by atoms with Crippen molar-refractivity contribution in [2.45, 2.75) is 18.9 Å². The molecule has 0 saturated carbocycles. The van der Waals surface area contributed by atoms with Crippen molar-refractivity contribution in [3.05, 3.63) is 18.1 Å². The molecule has 0 spiro atoms. The van der Waals surface area contributed by atoms with Crippen LogP contribution >= 0.6 is 0 Å². The molecule has 3 heterocycles. The van der Waals surface area contributed by atoms with E-state index in [0.717, 1.165) is 19.4 Å². The summed E-state index contributed by atoms with van der Waals surface area (Å²) in [6, 6.07) is 0.0958. The molecule has 1 amide bonds. The SMILES string of the molecule is COC(=O)c1cncc(N2CCCC3C(=O)NCC32)n1. The predicted molar refractivity (Wildman–Crippen MR) is 70.2 cm³/mol. The molecule has 2 unspecified atom stereocenters. The molecule has 2 aliphatic heterocycles. The Balaban J connectivity index is 1.88. The first-order valence-corrected chi connectivity index (χ1v) is 6.65. The summed E-state index contributed by atoms with van der Waals surface area (Å²) in [6.45, 7) is 1.43. The number of carbonyl (C=O) groups excluding carboxylic acids is 2. The van der Waals surface area contributed by atoms with Crippen LogP contribution in [0.1, 0.15) is 23.3 Å². The molecule has 2 atom stereocenters. The molecular formula is C13H16N4O3. The van der Waals surface area contributed by atoms with Crippen LogP contribution < -0.4 is 10.2 Å². The van der Waals surface area contributed by atoms with Crippen LogP contribution in [0.25, 0.3) is 0 Å². The van der Waals surface area contributed by atoms with Gasteiger partial charge in [-0.15, -0.1) is 0 Å². The average molecular weight is 276 g/mol. The summed E-state index contributed by atoms with van der Waals surface area (Å²) >= 11 is 0. The fourth-order valence-corrected chi connectivity index (χ4v) is 2.93. The van der Waals surface area contributed by atoms with E-state index in [-0.39, 0.29) is 23.6 Å². The number of nitrogens with zero attached hydrogens (tertiary/aromatic N) is 3. The summed E-state index contributed by atoms with van der Waals surface area (Å²) in [5.74, 6) is 0.233. The van der Waals surface area contributed by atoms with Gasteiger partial charge in [-0.05, 0) is 12.8 Å². The number of aromatic nitrogens is 2. The molecule has 106 valence electrons. The maximum Gasteiger partial charge on any atom is 0.358 e. The predicted octanol–water partition coefficient (Wildman–Crippen LogP) is -0.0220. The molecule has 0 aromatic carbocycles. The van der Waals surface area contributed by atoms with Crippen LogP contribution in [-0.2, 0) is 9.53 Å². The lowest BCUT2D eigenvalue weighted by Crippen LogP contribution is -2.46. The van der Waals surface area contributed by atoms with Crippen molar-refractivity contribution >= 4 is 17.7 Å². The number of carbonyl (C=O) groups is 2. The van der Waals surface area contributed by atoms with Gasteiger partial charge in [0.2, 0.25) is 5.91 Å². The quantitative estimate of drug-likeness (QED) is 0.764. The highest BCUT2D eigenvalue weighted by Gasteiger charge is 2.41. The Morgan fingerprint density at radius 3 is 3.15 bits per heavy atom. The second-order valence-electron chi connectivity index (χ2n) is 5.01. The zero-order chi connectivity index (χ0) is 14.1. The number of hydrogen-bond acceptors (Lipinski definition) is 6. The monoisotopic (exact) mass is 276 g/mol. The number of fused-ring (bicyclic) bond motifs is 1. The molecule has 1 N–H and O–H groups in total. The second kappa shape index (κ2) is 5.07. The highest BCUT2D eigenvalue weighted by Crippen LogP contribution is 2.30. The summed E-state index contributed by atoms with van der Waals surface area (Å²) in [5.41, 5.74) is 0.185.